The third-order valence-corrected chi connectivity index (χ3v) is 4.43. The van der Waals surface area contributed by atoms with Gasteiger partial charge in [0.1, 0.15) is 0 Å². The Bertz CT molecular complexity index is 1160. The van der Waals surface area contributed by atoms with Gasteiger partial charge in [-0.25, -0.2) is 14.8 Å². The minimum Gasteiger partial charge on any atom is -0.476 e. The SMILES string of the molecule is Cc1ccc(C(O)(C(N)=O)C(F)(F)F)cc1-c1c(N)nc2cnc(C(=O)O)cn12. The van der Waals surface area contributed by atoms with Crippen LogP contribution in [0.3, 0.4) is 0 Å². The van der Waals surface area contributed by atoms with Crippen LogP contribution in [0, 0.1) is 6.92 Å². The van der Waals surface area contributed by atoms with Crippen molar-refractivity contribution in [1.29, 1.82) is 0 Å². The van der Waals surface area contributed by atoms with Crippen molar-refractivity contribution in [3.63, 3.8) is 0 Å². The number of aromatic nitrogens is 3. The molecule has 6 N–H and O–H groups in total. The maximum Gasteiger partial charge on any atom is 0.430 e. The number of aryl methyl sites for hydroxylation is 1. The number of imidazole rings is 1. The zero-order valence-electron chi connectivity index (χ0n) is 14.7. The molecule has 0 saturated carbocycles. The fourth-order valence-electron chi connectivity index (χ4n) is 2.90. The molecule has 0 aliphatic rings. The van der Waals surface area contributed by atoms with E-state index >= 15 is 0 Å². The molecule has 1 atom stereocenters. The highest BCUT2D eigenvalue weighted by Gasteiger charge is 2.60. The molecule has 0 spiro atoms. The fourth-order valence-corrected chi connectivity index (χ4v) is 2.90. The number of halogens is 3. The summed E-state index contributed by atoms with van der Waals surface area (Å²) in [6.45, 7) is 1.55. The lowest BCUT2D eigenvalue weighted by molar-refractivity contribution is -0.255. The Morgan fingerprint density at radius 2 is 1.90 bits per heavy atom. The lowest BCUT2D eigenvalue weighted by atomic mass is 9.89. The van der Waals surface area contributed by atoms with Crippen LogP contribution in [-0.2, 0) is 10.4 Å². The third kappa shape index (κ3) is 3.02. The van der Waals surface area contributed by atoms with Gasteiger partial charge in [0.15, 0.2) is 17.2 Å². The number of nitrogens with two attached hydrogens (primary N) is 2. The Balaban J connectivity index is 2.32. The van der Waals surface area contributed by atoms with Gasteiger partial charge in [0.05, 0.1) is 11.9 Å². The van der Waals surface area contributed by atoms with Crippen molar-refractivity contribution in [2.75, 3.05) is 5.73 Å². The first-order valence-corrected chi connectivity index (χ1v) is 7.95. The van der Waals surface area contributed by atoms with E-state index in [9.17, 15) is 27.9 Å². The summed E-state index contributed by atoms with van der Waals surface area (Å²) < 4.78 is 41.5. The molecular weight excluding hydrogens is 395 g/mol. The van der Waals surface area contributed by atoms with Crippen LogP contribution in [0.4, 0.5) is 19.0 Å². The van der Waals surface area contributed by atoms with E-state index in [4.69, 9.17) is 16.6 Å². The van der Waals surface area contributed by atoms with Gasteiger partial charge in [0, 0.05) is 17.3 Å². The van der Waals surface area contributed by atoms with E-state index in [0.717, 1.165) is 24.5 Å². The van der Waals surface area contributed by atoms with Crippen LogP contribution in [0.2, 0.25) is 0 Å². The number of nitrogens with zero attached hydrogens (tertiary/aromatic N) is 3. The second-order valence-electron chi connectivity index (χ2n) is 6.25. The summed E-state index contributed by atoms with van der Waals surface area (Å²) in [5.74, 6) is -3.46. The van der Waals surface area contributed by atoms with E-state index in [0.29, 0.717) is 5.56 Å². The summed E-state index contributed by atoms with van der Waals surface area (Å²) in [5.41, 5.74) is 6.36. The second kappa shape index (κ2) is 6.44. The number of alkyl halides is 3. The number of aliphatic hydroxyl groups is 1. The molecule has 29 heavy (non-hydrogen) atoms. The van der Waals surface area contributed by atoms with Gasteiger partial charge in [-0.3, -0.25) is 9.20 Å². The summed E-state index contributed by atoms with van der Waals surface area (Å²) in [6.07, 6.45) is -3.14. The third-order valence-electron chi connectivity index (χ3n) is 4.43. The first kappa shape index (κ1) is 20.1. The number of rotatable bonds is 4. The molecule has 2 heterocycles. The monoisotopic (exact) mass is 409 g/mol. The van der Waals surface area contributed by atoms with Crippen LogP contribution in [0.5, 0.6) is 0 Å². The van der Waals surface area contributed by atoms with Crippen LogP contribution < -0.4 is 11.5 Å². The maximum atomic E-state index is 13.4. The highest BCUT2D eigenvalue weighted by Crippen LogP contribution is 2.41. The van der Waals surface area contributed by atoms with Crippen LogP contribution in [0.25, 0.3) is 16.9 Å². The number of amides is 1. The van der Waals surface area contributed by atoms with Gasteiger partial charge in [-0.15, -0.1) is 0 Å². The summed E-state index contributed by atoms with van der Waals surface area (Å²) in [7, 11) is 0. The van der Waals surface area contributed by atoms with Crippen molar-refractivity contribution in [3.8, 4) is 11.3 Å². The molecule has 9 nitrogen and oxygen atoms in total. The molecule has 0 fully saturated rings. The largest absolute Gasteiger partial charge is 0.476 e. The maximum absolute atomic E-state index is 13.4. The fraction of sp³-hybridized carbons (Fsp3) is 0.176. The van der Waals surface area contributed by atoms with Gasteiger partial charge in [-0.2, -0.15) is 13.2 Å². The number of primary amides is 1. The van der Waals surface area contributed by atoms with Crippen molar-refractivity contribution < 1.29 is 33.0 Å². The zero-order valence-corrected chi connectivity index (χ0v) is 14.7. The number of hydrogen-bond donors (Lipinski definition) is 4. The molecular formula is C17H14F3N5O4. The predicted octanol–water partition coefficient (Wildman–Crippen LogP) is 1.22. The van der Waals surface area contributed by atoms with Gasteiger partial charge in [0.2, 0.25) is 0 Å². The Morgan fingerprint density at radius 1 is 1.24 bits per heavy atom. The number of anilines is 1. The Morgan fingerprint density at radius 3 is 2.45 bits per heavy atom. The number of aromatic carboxylic acids is 1. The van der Waals surface area contributed by atoms with E-state index in [1.54, 1.807) is 6.92 Å². The molecule has 12 heteroatoms. The minimum atomic E-state index is -5.38. The molecule has 2 aromatic heterocycles. The molecule has 0 aliphatic heterocycles. The van der Waals surface area contributed by atoms with Crippen molar-refractivity contribution in [1.82, 2.24) is 14.4 Å². The van der Waals surface area contributed by atoms with E-state index < -0.39 is 29.2 Å². The molecule has 3 rings (SSSR count). The van der Waals surface area contributed by atoms with Gasteiger partial charge in [0.25, 0.3) is 11.5 Å². The highest BCUT2D eigenvalue weighted by atomic mass is 19.4. The standard InChI is InChI=1S/C17H14F3N5O4/c1-7-2-3-8(16(29,15(22)28)17(18,19)20)4-9(7)12-13(21)24-11-5-23-10(14(26)27)6-25(11)12/h2-6,29H,21H2,1H3,(H2,22,28)(H,26,27). The van der Waals surface area contributed by atoms with E-state index in [-0.39, 0.29) is 28.4 Å². The van der Waals surface area contributed by atoms with Gasteiger partial charge < -0.3 is 21.7 Å². The van der Waals surface area contributed by atoms with Crippen LogP contribution in [0.1, 0.15) is 21.6 Å². The van der Waals surface area contributed by atoms with Crippen LogP contribution in [0.15, 0.2) is 30.6 Å². The number of nitrogen functional groups attached to an aromatic ring is 1. The Kier molecular flexibility index (Phi) is 4.46. The van der Waals surface area contributed by atoms with Gasteiger partial charge in [-0.1, -0.05) is 12.1 Å². The van der Waals surface area contributed by atoms with Crippen molar-refractivity contribution >= 4 is 23.3 Å². The number of benzene rings is 1. The molecule has 0 aliphatic carbocycles. The molecule has 0 radical (unpaired) electrons. The number of carbonyl (C=O) groups excluding carboxylic acids is 1. The van der Waals surface area contributed by atoms with Crippen molar-refractivity contribution in [2.45, 2.75) is 18.7 Å². The normalized spacial score (nSPS) is 14.0. The average molecular weight is 409 g/mol. The molecule has 1 amide bonds. The number of hydrogen-bond acceptors (Lipinski definition) is 6. The molecule has 0 saturated heterocycles. The zero-order chi connectivity index (χ0) is 21.7. The number of carboxylic acids is 1. The van der Waals surface area contributed by atoms with Gasteiger partial charge in [-0.05, 0) is 18.6 Å². The molecule has 3 aromatic rings. The number of carboxylic acid groups (broad SMARTS) is 1. The van der Waals surface area contributed by atoms with E-state index in [2.05, 4.69) is 9.97 Å². The number of fused-ring (bicyclic) bond motifs is 1. The lowest BCUT2D eigenvalue weighted by Crippen LogP contribution is -2.52. The quantitative estimate of drug-likeness (QED) is 0.504. The topological polar surface area (TPSA) is 157 Å². The van der Waals surface area contributed by atoms with Crippen LogP contribution in [-0.4, -0.2) is 42.6 Å². The Labute approximate surface area is 160 Å². The van der Waals surface area contributed by atoms with E-state index in [1.165, 1.54) is 10.5 Å². The first-order valence-electron chi connectivity index (χ1n) is 7.95. The molecule has 1 unspecified atom stereocenters. The summed E-state index contributed by atoms with van der Waals surface area (Å²) >= 11 is 0. The van der Waals surface area contributed by atoms with Crippen molar-refractivity contribution in [3.05, 3.63) is 47.4 Å². The minimum absolute atomic E-state index is 0.0678. The van der Waals surface area contributed by atoms with Gasteiger partial charge >= 0.3 is 12.1 Å². The van der Waals surface area contributed by atoms with E-state index in [1.807, 2.05) is 0 Å². The number of carbonyl (C=O) groups is 2. The summed E-state index contributed by atoms with van der Waals surface area (Å²) in [5, 5.41) is 19.2. The molecule has 0 bridgehead atoms. The van der Waals surface area contributed by atoms with Crippen LogP contribution >= 0.6 is 0 Å². The molecule has 152 valence electrons. The smallest absolute Gasteiger partial charge is 0.430 e. The Hall–Kier alpha value is -3.67. The highest BCUT2D eigenvalue weighted by molar-refractivity contribution is 5.88. The molecule has 1 aromatic carbocycles. The average Bonchev–Trinajstić information content (AvgIpc) is 2.95. The first-order chi connectivity index (χ1) is 13.4. The summed E-state index contributed by atoms with van der Waals surface area (Å²) in [4.78, 5) is 30.4. The lowest BCUT2D eigenvalue weighted by Gasteiger charge is -2.28. The van der Waals surface area contributed by atoms with Crippen molar-refractivity contribution in [2.24, 2.45) is 5.73 Å². The predicted molar refractivity (Wildman–Crippen MR) is 93.7 cm³/mol. The summed E-state index contributed by atoms with van der Waals surface area (Å²) in [6, 6.07) is 3.07. The second-order valence-corrected chi connectivity index (χ2v) is 6.25.